The molecule has 0 amide bonds. The van der Waals surface area contributed by atoms with Gasteiger partial charge in [-0.1, -0.05) is 63.2 Å². The minimum atomic E-state index is -0.678. The molecule has 0 radical (unpaired) electrons. The number of hydrogen-bond acceptors (Lipinski definition) is 2. The van der Waals surface area contributed by atoms with Gasteiger partial charge in [0.1, 0.15) is 11.9 Å². The van der Waals surface area contributed by atoms with Gasteiger partial charge >= 0.3 is 0 Å². The molecule has 0 aromatic heterocycles. The smallest absolute Gasteiger partial charge is 0.125 e. The van der Waals surface area contributed by atoms with Crippen LogP contribution in [0.2, 0.25) is 0 Å². The summed E-state index contributed by atoms with van der Waals surface area (Å²) in [6, 6.07) is 15.8. The Morgan fingerprint density at radius 1 is 0.952 bits per heavy atom. The molecule has 0 bridgehead atoms. The van der Waals surface area contributed by atoms with Crippen molar-refractivity contribution in [2.45, 2.75) is 39.2 Å². The third-order valence-corrected chi connectivity index (χ3v) is 3.58. The van der Waals surface area contributed by atoms with Crippen molar-refractivity contribution in [1.82, 2.24) is 0 Å². The second kappa shape index (κ2) is 6.31. The fraction of sp³-hybridized carbons (Fsp3) is 0.368. The van der Waals surface area contributed by atoms with E-state index in [1.807, 2.05) is 49.4 Å². The summed E-state index contributed by atoms with van der Waals surface area (Å²) in [5.74, 6) is 0.746. The first-order valence-electron chi connectivity index (χ1n) is 7.44. The Kier molecular flexibility index (Phi) is 4.69. The highest BCUT2D eigenvalue weighted by atomic mass is 16.5. The first kappa shape index (κ1) is 15.6. The van der Waals surface area contributed by atoms with E-state index in [4.69, 9.17) is 4.74 Å². The van der Waals surface area contributed by atoms with Crippen LogP contribution in [0, 0.1) is 0 Å². The van der Waals surface area contributed by atoms with Crippen LogP contribution in [0.5, 0.6) is 5.75 Å². The lowest BCUT2D eigenvalue weighted by molar-refractivity contribution is 0.209. The average Bonchev–Trinajstić information content (AvgIpc) is 2.46. The first-order valence-corrected chi connectivity index (χ1v) is 7.44. The molecular weight excluding hydrogens is 260 g/mol. The number of ether oxygens (including phenoxy) is 1. The third-order valence-electron chi connectivity index (χ3n) is 3.58. The van der Waals surface area contributed by atoms with Crippen LogP contribution in [0.4, 0.5) is 0 Å². The molecular formula is C19H24O2. The first-order chi connectivity index (χ1) is 9.95. The molecule has 1 N–H and O–H groups in total. The Morgan fingerprint density at radius 3 is 2.14 bits per heavy atom. The largest absolute Gasteiger partial charge is 0.493 e. The Bertz CT molecular complexity index is 597. The molecule has 2 aromatic rings. The van der Waals surface area contributed by atoms with Gasteiger partial charge in [0, 0.05) is 5.56 Å². The summed E-state index contributed by atoms with van der Waals surface area (Å²) in [6.45, 7) is 9.02. The molecule has 0 aliphatic heterocycles. The molecule has 21 heavy (non-hydrogen) atoms. The molecule has 1 atom stereocenters. The number of hydrogen-bond donors (Lipinski definition) is 1. The van der Waals surface area contributed by atoms with Gasteiger partial charge in [0.15, 0.2) is 0 Å². The van der Waals surface area contributed by atoms with Crippen molar-refractivity contribution in [3.05, 3.63) is 65.2 Å². The van der Waals surface area contributed by atoms with Gasteiger partial charge in [-0.2, -0.15) is 0 Å². The average molecular weight is 284 g/mol. The Labute approximate surface area is 127 Å². The fourth-order valence-electron chi connectivity index (χ4n) is 2.58. The molecule has 2 heteroatoms. The number of rotatable bonds is 4. The van der Waals surface area contributed by atoms with Gasteiger partial charge < -0.3 is 9.84 Å². The van der Waals surface area contributed by atoms with Crippen LogP contribution in [0.15, 0.2) is 48.5 Å². The van der Waals surface area contributed by atoms with Crippen LogP contribution >= 0.6 is 0 Å². The van der Waals surface area contributed by atoms with Crippen molar-refractivity contribution >= 4 is 0 Å². The van der Waals surface area contributed by atoms with E-state index in [2.05, 4.69) is 26.8 Å². The monoisotopic (exact) mass is 284 g/mol. The maximum Gasteiger partial charge on any atom is 0.125 e. The molecule has 1 unspecified atom stereocenters. The van der Waals surface area contributed by atoms with Gasteiger partial charge in [-0.05, 0) is 29.5 Å². The number of aliphatic hydroxyl groups excluding tert-OH is 1. The zero-order valence-electron chi connectivity index (χ0n) is 13.3. The standard InChI is InChI=1S/C19H24O2/c1-5-21-17-13-9-7-11-15(17)18(20)14-10-6-8-12-16(14)19(2,3)4/h6-13,18,20H,5H2,1-4H3. The molecule has 0 heterocycles. The van der Waals surface area contributed by atoms with Crippen molar-refractivity contribution in [3.8, 4) is 5.75 Å². The van der Waals surface area contributed by atoms with Crippen LogP contribution in [0.1, 0.15) is 50.5 Å². The van der Waals surface area contributed by atoms with E-state index in [1.54, 1.807) is 0 Å². The summed E-state index contributed by atoms with van der Waals surface area (Å²) >= 11 is 0. The van der Waals surface area contributed by atoms with Crippen LogP contribution in [0.25, 0.3) is 0 Å². The SMILES string of the molecule is CCOc1ccccc1C(O)c1ccccc1C(C)(C)C. The van der Waals surface area contributed by atoms with Gasteiger partial charge in [0.25, 0.3) is 0 Å². The highest BCUT2D eigenvalue weighted by Gasteiger charge is 2.23. The number of para-hydroxylation sites is 1. The van der Waals surface area contributed by atoms with E-state index in [-0.39, 0.29) is 5.41 Å². The lowest BCUT2D eigenvalue weighted by Gasteiger charge is -2.26. The predicted octanol–water partition coefficient (Wildman–Crippen LogP) is 4.46. The molecule has 0 saturated carbocycles. The molecule has 0 aliphatic carbocycles. The molecule has 2 nitrogen and oxygen atoms in total. The molecule has 0 aliphatic rings. The predicted molar refractivity (Wildman–Crippen MR) is 86.8 cm³/mol. The van der Waals surface area contributed by atoms with Crippen molar-refractivity contribution < 1.29 is 9.84 Å². The van der Waals surface area contributed by atoms with Crippen LogP contribution in [-0.4, -0.2) is 11.7 Å². The van der Waals surface area contributed by atoms with E-state index in [0.29, 0.717) is 6.61 Å². The lowest BCUT2D eigenvalue weighted by Crippen LogP contribution is -2.16. The molecule has 0 spiro atoms. The van der Waals surface area contributed by atoms with Crippen molar-refractivity contribution in [2.75, 3.05) is 6.61 Å². The summed E-state index contributed by atoms with van der Waals surface area (Å²) in [4.78, 5) is 0. The maximum absolute atomic E-state index is 10.9. The van der Waals surface area contributed by atoms with Crippen molar-refractivity contribution in [2.24, 2.45) is 0 Å². The van der Waals surface area contributed by atoms with Crippen LogP contribution < -0.4 is 4.74 Å². The van der Waals surface area contributed by atoms with E-state index in [1.165, 1.54) is 0 Å². The van der Waals surface area contributed by atoms with Gasteiger partial charge in [0.05, 0.1) is 6.61 Å². The van der Waals surface area contributed by atoms with E-state index in [0.717, 1.165) is 22.4 Å². The van der Waals surface area contributed by atoms with Crippen molar-refractivity contribution in [3.63, 3.8) is 0 Å². The summed E-state index contributed by atoms with van der Waals surface area (Å²) in [6.07, 6.45) is -0.678. The molecule has 0 saturated heterocycles. The third kappa shape index (κ3) is 3.45. The van der Waals surface area contributed by atoms with Gasteiger partial charge in [-0.3, -0.25) is 0 Å². The van der Waals surface area contributed by atoms with Crippen LogP contribution in [0.3, 0.4) is 0 Å². The number of aliphatic hydroxyl groups is 1. The summed E-state index contributed by atoms with van der Waals surface area (Å²) < 4.78 is 5.65. The second-order valence-corrected chi connectivity index (χ2v) is 6.21. The highest BCUT2D eigenvalue weighted by molar-refractivity contribution is 5.44. The topological polar surface area (TPSA) is 29.5 Å². The maximum atomic E-state index is 10.9. The molecule has 2 rings (SSSR count). The summed E-state index contributed by atoms with van der Waals surface area (Å²) in [5.41, 5.74) is 2.90. The second-order valence-electron chi connectivity index (χ2n) is 6.21. The summed E-state index contributed by atoms with van der Waals surface area (Å²) in [5, 5.41) is 10.9. The quantitative estimate of drug-likeness (QED) is 0.898. The van der Waals surface area contributed by atoms with E-state index >= 15 is 0 Å². The number of benzene rings is 2. The highest BCUT2D eigenvalue weighted by Crippen LogP contribution is 2.35. The van der Waals surface area contributed by atoms with Gasteiger partial charge in [0.2, 0.25) is 0 Å². The zero-order valence-corrected chi connectivity index (χ0v) is 13.3. The molecule has 2 aromatic carbocycles. The zero-order chi connectivity index (χ0) is 15.5. The fourth-order valence-corrected chi connectivity index (χ4v) is 2.58. The van der Waals surface area contributed by atoms with E-state index in [9.17, 15) is 5.11 Å². The minimum absolute atomic E-state index is 0.0157. The Morgan fingerprint density at radius 2 is 1.52 bits per heavy atom. The van der Waals surface area contributed by atoms with Crippen LogP contribution in [-0.2, 0) is 5.41 Å². The normalized spacial score (nSPS) is 13.0. The lowest BCUT2D eigenvalue weighted by atomic mass is 9.81. The van der Waals surface area contributed by atoms with E-state index < -0.39 is 6.10 Å². The molecule has 0 fully saturated rings. The van der Waals surface area contributed by atoms with Gasteiger partial charge in [-0.15, -0.1) is 0 Å². The molecule has 112 valence electrons. The minimum Gasteiger partial charge on any atom is -0.493 e. The van der Waals surface area contributed by atoms with Gasteiger partial charge in [-0.25, -0.2) is 0 Å². The summed E-state index contributed by atoms with van der Waals surface area (Å²) in [7, 11) is 0. The van der Waals surface area contributed by atoms with Crippen molar-refractivity contribution in [1.29, 1.82) is 0 Å². The Hall–Kier alpha value is -1.80. The Balaban J connectivity index is 2.48.